The number of benzene rings is 1. The molecule has 156 valence electrons. The topological polar surface area (TPSA) is 79.6 Å². The summed E-state index contributed by atoms with van der Waals surface area (Å²) in [6.45, 7) is 9.12. The summed E-state index contributed by atoms with van der Waals surface area (Å²) in [7, 11) is 1.55. The molecule has 2 aliphatic rings. The van der Waals surface area contributed by atoms with Crippen LogP contribution < -0.4 is 4.74 Å². The minimum Gasteiger partial charge on any atom is -0.496 e. The van der Waals surface area contributed by atoms with Crippen molar-refractivity contribution in [2.24, 2.45) is 0 Å². The number of methoxy groups -OCH3 is 1. The zero-order chi connectivity index (χ0) is 20.4. The van der Waals surface area contributed by atoms with E-state index in [1.807, 2.05) is 4.90 Å². The molecule has 29 heavy (non-hydrogen) atoms. The molecule has 2 saturated heterocycles. The highest BCUT2D eigenvalue weighted by molar-refractivity contribution is 6.33. The van der Waals surface area contributed by atoms with Gasteiger partial charge in [0.1, 0.15) is 12.1 Å². The van der Waals surface area contributed by atoms with Crippen molar-refractivity contribution in [1.82, 2.24) is 34.9 Å². The summed E-state index contributed by atoms with van der Waals surface area (Å²) in [5, 5.41) is 11.5. The Morgan fingerprint density at radius 3 is 2.69 bits per heavy atom. The summed E-state index contributed by atoms with van der Waals surface area (Å²) < 4.78 is 6.93. The molecule has 0 bridgehead atoms. The highest BCUT2D eigenvalue weighted by atomic mass is 35.5. The van der Waals surface area contributed by atoms with Crippen molar-refractivity contribution in [2.75, 3.05) is 52.9 Å². The molecular formula is C19H26ClN7O2. The van der Waals surface area contributed by atoms with Gasteiger partial charge in [0.25, 0.3) is 5.91 Å². The van der Waals surface area contributed by atoms with E-state index < -0.39 is 0 Å². The third-order valence-corrected chi connectivity index (χ3v) is 6.22. The van der Waals surface area contributed by atoms with Gasteiger partial charge in [-0.2, -0.15) is 4.68 Å². The molecule has 1 aromatic carbocycles. The van der Waals surface area contributed by atoms with Crippen LogP contribution >= 0.6 is 11.6 Å². The smallest absolute Gasteiger partial charge is 0.257 e. The second kappa shape index (κ2) is 8.64. The van der Waals surface area contributed by atoms with Gasteiger partial charge in [0.15, 0.2) is 0 Å². The molecule has 2 fully saturated rings. The van der Waals surface area contributed by atoms with Crippen molar-refractivity contribution < 1.29 is 9.53 Å². The van der Waals surface area contributed by atoms with E-state index >= 15 is 0 Å². The molecule has 0 spiro atoms. The molecule has 0 saturated carbocycles. The van der Waals surface area contributed by atoms with Gasteiger partial charge < -0.3 is 14.5 Å². The molecule has 3 heterocycles. The van der Waals surface area contributed by atoms with Gasteiger partial charge in [0, 0.05) is 51.4 Å². The van der Waals surface area contributed by atoms with E-state index in [1.165, 1.54) is 11.0 Å². The van der Waals surface area contributed by atoms with Crippen LogP contribution in [-0.4, -0.2) is 99.8 Å². The molecular weight excluding hydrogens is 394 g/mol. The number of ether oxygens (including phenoxy) is 1. The summed E-state index contributed by atoms with van der Waals surface area (Å²) in [6, 6.07) is 3.76. The Morgan fingerprint density at radius 2 is 2.03 bits per heavy atom. The molecule has 0 radical (unpaired) electrons. The first-order valence-electron chi connectivity index (χ1n) is 9.97. The van der Waals surface area contributed by atoms with E-state index in [2.05, 4.69) is 32.2 Å². The second-order valence-corrected chi connectivity index (χ2v) is 7.83. The number of carbonyl (C=O) groups is 1. The van der Waals surface area contributed by atoms with Gasteiger partial charge in [0.05, 0.1) is 23.4 Å². The maximum atomic E-state index is 13.2. The van der Waals surface area contributed by atoms with Crippen molar-refractivity contribution in [3.05, 3.63) is 29.0 Å². The van der Waals surface area contributed by atoms with Crippen LogP contribution in [0.4, 0.5) is 0 Å². The fourth-order valence-electron chi connectivity index (χ4n) is 4.17. The quantitative estimate of drug-likeness (QED) is 0.719. The summed E-state index contributed by atoms with van der Waals surface area (Å²) in [5.41, 5.74) is 1.03. The molecule has 0 N–H and O–H groups in total. The third kappa shape index (κ3) is 4.08. The Labute approximate surface area is 175 Å². The van der Waals surface area contributed by atoms with Gasteiger partial charge in [0.2, 0.25) is 0 Å². The van der Waals surface area contributed by atoms with Crippen molar-refractivity contribution in [2.45, 2.75) is 19.4 Å². The van der Waals surface area contributed by atoms with Gasteiger partial charge in [-0.15, -0.1) is 5.10 Å². The van der Waals surface area contributed by atoms with Crippen LogP contribution in [0.1, 0.15) is 23.7 Å². The van der Waals surface area contributed by atoms with Gasteiger partial charge in [-0.3, -0.25) is 9.69 Å². The van der Waals surface area contributed by atoms with Crippen LogP contribution in [-0.2, 0) is 0 Å². The maximum absolute atomic E-state index is 13.2. The first-order chi connectivity index (χ1) is 14.1. The van der Waals surface area contributed by atoms with E-state index in [1.54, 1.807) is 19.2 Å². The van der Waals surface area contributed by atoms with Crippen molar-refractivity contribution in [1.29, 1.82) is 0 Å². The number of nitrogens with zero attached hydrogens (tertiary/aromatic N) is 7. The van der Waals surface area contributed by atoms with E-state index in [-0.39, 0.29) is 5.91 Å². The van der Waals surface area contributed by atoms with Crippen molar-refractivity contribution >= 4 is 17.5 Å². The lowest BCUT2D eigenvalue weighted by Crippen LogP contribution is -2.51. The zero-order valence-electron chi connectivity index (χ0n) is 16.8. The van der Waals surface area contributed by atoms with E-state index in [4.69, 9.17) is 16.3 Å². The number of likely N-dealkylation sites (tertiary alicyclic amines) is 1. The van der Waals surface area contributed by atoms with Crippen LogP contribution in [0.3, 0.4) is 0 Å². The van der Waals surface area contributed by atoms with Crippen LogP contribution in [0.2, 0.25) is 5.02 Å². The summed E-state index contributed by atoms with van der Waals surface area (Å²) in [6.07, 6.45) is 2.45. The van der Waals surface area contributed by atoms with Crippen molar-refractivity contribution in [3.8, 4) is 11.4 Å². The monoisotopic (exact) mass is 419 g/mol. The Balaban J connectivity index is 1.48. The second-order valence-electron chi connectivity index (χ2n) is 7.42. The number of aromatic nitrogens is 4. The van der Waals surface area contributed by atoms with Gasteiger partial charge in [-0.05, 0) is 29.5 Å². The molecule has 4 rings (SSSR count). The van der Waals surface area contributed by atoms with Crippen molar-refractivity contribution in [3.63, 3.8) is 0 Å². The number of carbonyl (C=O) groups excluding carboxylic acids is 1. The SMILES string of the molecule is CCN1CCN(C2CCN(C(=O)c3cc(Cl)c(-n4cnnn4)cc3OC)C2)CC1. The summed E-state index contributed by atoms with van der Waals surface area (Å²) >= 11 is 6.42. The van der Waals surface area contributed by atoms with Crippen LogP contribution in [0.25, 0.3) is 5.69 Å². The molecule has 2 aromatic rings. The lowest BCUT2D eigenvalue weighted by atomic mass is 10.1. The standard InChI is InChI=1S/C19H26ClN7O2/c1-3-24-6-8-25(9-7-24)14-4-5-26(12-14)19(28)15-10-16(20)17(11-18(15)29-2)27-13-21-22-23-27/h10-11,13-14H,3-9,12H2,1-2H3. The Kier molecular flexibility index (Phi) is 5.98. The van der Waals surface area contributed by atoms with Crippen LogP contribution in [0, 0.1) is 0 Å². The molecule has 0 aliphatic carbocycles. The van der Waals surface area contributed by atoms with E-state index in [0.29, 0.717) is 28.1 Å². The first kappa shape index (κ1) is 20.1. The number of piperazine rings is 1. The molecule has 9 nitrogen and oxygen atoms in total. The predicted octanol–water partition coefficient (Wildman–Crippen LogP) is 1.18. The van der Waals surface area contributed by atoms with Crippen LogP contribution in [0.5, 0.6) is 5.75 Å². The lowest BCUT2D eigenvalue weighted by molar-refractivity contribution is 0.0742. The average molecular weight is 420 g/mol. The minimum absolute atomic E-state index is 0.0540. The first-order valence-corrected chi connectivity index (χ1v) is 10.3. The fourth-order valence-corrected chi connectivity index (χ4v) is 4.42. The van der Waals surface area contributed by atoms with Gasteiger partial charge in [-0.1, -0.05) is 18.5 Å². The Morgan fingerprint density at radius 1 is 1.24 bits per heavy atom. The third-order valence-electron chi connectivity index (χ3n) is 5.92. The molecule has 1 atom stereocenters. The predicted molar refractivity (Wildman–Crippen MR) is 109 cm³/mol. The highest BCUT2D eigenvalue weighted by Crippen LogP contribution is 2.31. The molecule has 1 aromatic heterocycles. The minimum atomic E-state index is -0.0540. The number of halogens is 1. The Hall–Kier alpha value is -2.23. The van der Waals surface area contributed by atoms with Gasteiger partial charge in [-0.25, -0.2) is 0 Å². The number of likely N-dealkylation sites (N-methyl/N-ethyl adjacent to an activating group) is 1. The molecule has 2 aliphatic heterocycles. The number of hydrogen-bond donors (Lipinski definition) is 0. The number of hydrogen-bond acceptors (Lipinski definition) is 7. The number of rotatable bonds is 5. The average Bonchev–Trinajstić information content (AvgIpc) is 3.45. The fraction of sp³-hybridized carbons (Fsp3) is 0.579. The maximum Gasteiger partial charge on any atom is 0.257 e. The lowest BCUT2D eigenvalue weighted by Gasteiger charge is -2.37. The summed E-state index contributed by atoms with van der Waals surface area (Å²) in [5.74, 6) is 0.409. The van der Waals surface area contributed by atoms with E-state index in [9.17, 15) is 4.79 Å². The zero-order valence-corrected chi connectivity index (χ0v) is 17.5. The molecule has 10 heteroatoms. The van der Waals surface area contributed by atoms with Gasteiger partial charge >= 0.3 is 0 Å². The Bertz CT molecular complexity index is 852. The number of tetrazole rings is 1. The number of amides is 1. The van der Waals surface area contributed by atoms with E-state index in [0.717, 1.165) is 52.2 Å². The normalized spacial score (nSPS) is 20.9. The molecule has 1 unspecified atom stereocenters. The summed E-state index contributed by atoms with van der Waals surface area (Å²) in [4.78, 5) is 20.1. The highest BCUT2D eigenvalue weighted by Gasteiger charge is 2.33. The van der Waals surface area contributed by atoms with Crippen LogP contribution in [0.15, 0.2) is 18.5 Å². The largest absolute Gasteiger partial charge is 0.496 e. The molecule has 1 amide bonds.